The van der Waals surface area contributed by atoms with E-state index in [4.69, 9.17) is 16.3 Å². The lowest BCUT2D eigenvalue weighted by atomic mass is 10.3. The quantitative estimate of drug-likeness (QED) is 0.823. The number of amides is 1. The van der Waals surface area contributed by atoms with Crippen molar-refractivity contribution in [2.75, 3.05) is 19.6 Å². The van der Waals surface area contributed by atoms with Crippen LogP contribution in [0.3, 0.4) is 0 Å². The summed E-state index contributed by atoms with van der Waals surface area (Å²) >= 11 is 7.10. The molecular formula is C10H15ClN2O2S. The van der Waals surface area contributed by atoms with E-state index in [1.165, 1.54) is 11.3 Å². The van der Waals surface area contributed by atoms with E-state index >= 15 is 0 Å². The second-order valence-corrected chi connectivity index (χ2v) is 4.94. The first-order valence-electron chi connectivity index (χ1n) is 4.88. The Kier molecular flexibility index (Phi) is 5.18. The number of carbonyl (C=O) groups excluding carboxylic acids is 1. The SMILES string of the molecule is COCC(CCl)NC(=O)c1sc(C)nc1C. The minimum absolute atomic E-state index is 0.134. The van der Waals surface area contributed by atoms with Gasteiger partial charge in [-0.2, -0.15) is 0 Å². The molecule has 16 heavy (non-hydrogen) atoms. The molecule has 0 saturated carbocycles. The maximum atomic E-state index is 11.9. The molecular weight excluding hydrogens is 248 g/mol. The van der Waals surface area contributed by atoms with Crippen molar-refractivity contribution in [1.82, 2.24) is 10.3 Å². The van der Waals surface area contributed by atoms with Crippen molar-refractivity contribution < 1.29 is 9.53 Å². The molecule has 0 radical (unpaired) electrons. The lowest BCUT2D eigenvalue weighted by Gasteiger charge is -2.14. The zero-order valence-corrected chi connectivity index (χ0v) is 11.1. The van der Waals surface area contributed by atoms with Gasteiger partial charge in [-0.3, -0.25) is 4.79 Å². The van der Waals surface area contributed by atoms with Crippen LogP contribution in [0.25, 0.3) is 0 Å². The monoisotopic (exact) mass is 262 g/mol. The number of aryl methyl sites for hydroxylation is 2. The number of thiazole rings is 1. The Bertz CT molecular complexity index is 368. The van der Waals surface area contributed by atoms with Gasteiger partial charge in [0.05, 0.1) is 23.4 Å². The normalized spacial score (nSPS) is 12.5. The van der Waals surface area contributed by atoms with Crippen molar-refractivity contribution in [3.05, 3.63) is 15.6 Å². The molecule has 90 valence electrons. The first-order chi connectivity index (χ1) is 7.58. The van der Waals surface area contributed by atoms with Gasteiger partial charge in [0, 0.05) is 13.0 Å². The minimum Gasteiger partial charge on any atom is -0.383 e. The van der Waals surface area contributed by atoms with E-state index in [0.29, 0.717) is 17.4 Å². The summed E-state index contributed by atoms with van der Waals surface area (Å²) < 4.78 is 4.96. The molecule has 0 aromatic carbocycles. The third-order valence-electron chi connectivity index (χ3n) is 2.00. The number of ether oxygens (including phenoxy) is 1. The molecule has 1 aromatic rings. The van der Waals surface area contributed by atoms with Crippen molar-refractivity contribution in [2.24, 2.45) is 0 Å². The Morgan fingerprint density at radius 3 is 2.75 bits per heavy atom. The molecule has 1 amide bonds. The molecule has 1 unspecified atom stereocenters. The Hall–Kier alpha value is -0.650. The summed E-state index contributed by atoms with van der Waals surface area (Å²) in [6, 6.07) is -0.166. The fourth-order valence-electron chi connectivity index (χ4n) is 1.32. The van der Waals surface area contributed by atoms with Crippen LogP contribution in [0.2, 0.25) is 0 Å². The summed E-state index contributed by atoms with van der Waals surface area (Å²) in [5, 5.41) is 3.70. The molecule has 0 aliphatic rings. The van der Waals surface area contributed by atoms with Gasteiger partial charge in [-0.1, -0.05) is 0 Å². The van der Waals surface area contributed by atoms with Crippen LogP contribution >= 0.6 is 22.9 Å². The molecule has 0 saturated heterocycles. The topological polar surface area (TPSA) is 51.2 Å². The predicted octanol–water partition coefficient (Wildman–Crippen LogP) is 1.74. The third kappa shape index (κ3) is 3.43. The smallest absolute Gasteiger partial charge is 0.263 e. The summed E-state index contributed by atoms with van der Waals surface area (Å²) in [4.78, 5) is 16.7. The summed E-state index contributed by atoms with van der Waals surface area (Å²) in [7, 11) is 1.58. The zero-order chi connectivity index (χ0) is 12.1. The van der Waals surface area contributed by atoms with Gasteiger partial charge in [0.25, 0.3) is 5.91 Å². The largest absolute Gasteiger partial charge is 0.383 e. The highest BCUT2D eigenvalue weighted by Crippen LogP contribution is 2.16. The number of nitrogens with zero attached hydrogens (tertiary/aromatic N) is 1. The Morgan fingerprint density at radius 2 is 2.31 bits per heavy atom. The van der Waals surface area contributed by atoms with Gasteiger partial charge < -0.3 is 10.1 Å². The fourth-order valence-corrected chi connectivity index (χ4v) is 2.31. The van der Waals surface area contributed by atoms with Gasteiger partial charge in [0.1, 0.15) is 4.88 Å². The van der Waals surface area contributed by atoms with Crippen LogP contribution in [0.5, 0.6) is 0 Å². The Morgan fingerprint density at radius 1 is 1.62 bits per heavy atom. The van der Waals surface area contributed by atoms with Gasteiger partial charge in [0.2, 0.25) is 0 Å². The summed E-state index contributed by atoms with van der Waals surface area (Å²) in [6.07, 6.45) is 0. The second-order valence-electron chi connectivity index (χ2n) is 3.43. The fraction of sp³-hybridized carbons (Fsp3) is 0.600. The number of carbonyl (C=O) groups is 1. The maximum Gasteiger partial charge on any atom is 0.263 e. The summed E-state index contributed by atoms with van der Waals surface area (Å²) in [5.41, 5.74) is 0.755. The molecule has 4 nitrogen and oxygen atoms in total. The number of hydrogen-bond donors (Lipinski definition) is 1. The second kappa shape index (κ2) is 6.18. The van der Waals surface area contributed by atoms with Gasteiger partial charge in [-0.05, 0) is 13.8 Å². The zero-order valence-electron chi connectivity index (χ0n) is 9.54. The number of rotatable bonds is 5. The molecule has 0 aliphatic carbocycles. The Labute approximate surface area is 104 Å². The van der Waals surface area contributed by atoms with Crippen molar-refractivity contribution in [1.29, 1.82) is 0 Å². The predicted molar refractivity (Wildman–Crippen MR) is 65.4 cm³/mol. The van der Waals surface area contributed by atoms with E-state index in [-0.39, 0.29) is 11.9 Å². The van der Waals surface area contributed by atoms with Crippen LogP contribution in [0.15, 0.2) is 0 Å². The number of hydrogen-bond acceptors (Lipinski definition) is 4. The van der Waals surface area contributed by atoms with Crippen LogP contribution in [0, 0.1) is 13.8 Å². The van der Waals surface area contributed by atoms with Crippen LogP contribution in [-0.4, -0.2) is 36.5 Å². The molecule has 1 atom stereocenters. The molecule has 6 heteroatoms. The lowest BCUT2D eigenvalue weighted by Crippen LogP contribution is -2.39. The van der Waals surface area contributed by atoms with E-state index in [9.17, 15) is 4.79 Å². The molecule has 0 fully saturated rings. The van der Waals surface area contributed by atoms with E-state index in [1.54, 1.807) is 7.11 Å². The highest BCUT2D eigenvalue weighted by molar-refractivity contribution is 7.13. The Balaban J connectivity index is 2.67. The molecule has 0 aliphatic heterocycles. The molecule has 0 bridgehead atoms. The van der Waals surface area contributed by atoms with Crippen LogP contribution in [0.4, 0.5) is 0 Å². The first kappa shape index (κ1) is 13.4. The molecule has 1 heterocycles. The average Bonchev–Trinajstić information content (AvgIpc) is 2.57. The van der Waals surface area contributed by atoms with Gasteiger partial charge >= 0.3 is 0 Å². The number of nitrogens with one attached hydrogen (secondary N) is 1. The van der Waals surface area contributed by atoms with E-state index in [1.807, 2.05) is 13.8 Å². The molecule has 0 spiro atoms. The van der Waals surface area contributed by atoms with E-state index < -0.39 is 0 Å². The van der Waals surface area contributed by atoms with E-state index in [0.717, 1.165) is 10.7 Å². The number of aromatic nitrogens is 1. The molecule has 1 aromatic heterocycles. The van der Waals surface area contributed by atoms with Crippen molar-refractivity contribution in [3.8, 4) is 0 Å². The summed E-state index contributed by atoms with van der Waals surface area (Å²) in [6.45, 7) is 4.11. The average molecular weight is 263 g/mol. The lowest BCUT2D eigenvalue weighted by molar-refractivity contribution is 0.0910. The standard InChI is InChI=1S/C10H15ClN2O2S/c1-6-9(16-7(2)12-6)10(14)13-8(4-11)5-15-3/h8H,4-5H2,1-3H3,(H,13,14). The highest BCUT2D eigenvalue weighted by atomic mass is 35.5. The third-order valence-corrected chi connectivity index (χ3v) is 3.44. The number of alkyl halides is 1. The maximum absolute atomic E-state index is 11.9. The van der Waals surface area contributed by atoms with Crippen LogP contribution in [0.1, 0.15) is 20.4 Å². The molecule has 1 N–H and O–H groups in total. The highest BCUT2D eigenvalue weighted by Gasteiger charge is 2.17. The number of methoxy groups -OCH3 is 1. The number of halogens is 1. The van der Waals surface area contributed by atoms with Crippen molar-refractivity contribution in [3.63, 3.8) is 0 Å². The van der Waals surface area contributed by atoms with Gasteiger partial charge in [0.15, 0.2) is 0 Å². The summed E-state index contributed by atoms with van der Waals surface area (Å²) in [5.74, 6) is 0.196. The van der Waals surface area contributed by atoms with E-state index in [2.05, 4.69) is 10.3 Å². The molecule has 1 rings (SSSR count). The minimum atomic E-state index is -0.166. The van der Waals surface area contributed by atoms with Crippen LogP contribution < -0.4 is 5.32 Å². The van der Waals surface area contributed by atoms with Crippen LogP contribution in [-0.2, 0) is 4.74 Å². The first-order valence-corrected chi connectivity index (χ1v) is 6.23. The van der Waals surface area contributed by atoms with Gasteiger partial charge in [-0.15, -0.1) is 22.9 Å². The van der Waals surface area contributed by atoms with Crippen molar-refractivity contribution in [2.45, 2.75) is 19.9 Å². The van der Waals surface area contributed by atoms with Gasteiger partial charge in [-0.25, -0.2) is 4.98 Å². The van der Waals surface area contributed by atoms with Crippen molar-refractivity contribution >= 4 is 28.8 Å².